The molecule has 2 N–H and O–H groups in total. The van der Waals surface area contributed by atoms with E-state index in [-0.39, 0.29) is 29.7 Å². The van der Waals surface area contributed by atoms with Crippen molar-refractivity contribution in [1.29, 1.82) is 0 Å². The number of H-pyrrole nitrogens is 1. The van der Waals surface area contributed by atoms with Crippen LogP contribution >= 0.6 is 0 Å². The number of carbonyl (C=O) groups is 2. The van der Waals surface area contributed by atoms with Crippen LogP contribution in [0.4, 0.5) is 0 Å². The molecule has 4 heterocycles. The van der Waals surface area contributed by atoms with Crippen LogP contribution in [0.3, 0.4) is 0 Å². The second kappa shape index (κ2) is 8.10. The highest BCUT2D eigenvalue weighted by Gasteiger charge is 2.32. The van der Waals surface area contributed by atoms with E-state index >= 15 is 0 Å². The average Bonchev–Trinajstić information content (AvgIpc) is 3.30. The Morgan fingerprint density at radius 3 is 2.75 bits per heavy atom. The van der Waals surface area contributed by atoms with Gasteiger partial charge in [0.1, 0.15) is 5.69 Å². The van der Waals surface area contributed by atoms with E-state index in [0.717, 1.165) is 5.56 Å². The first kappa shape index (κ1) is 19.7. The minimum Gasteiger partial charge on any atom is -0.348 e. The summed E-state index contributed by atoms with van der Waals surface area (Å²) in [4.78, 5) is 44.0. The molecule has 160 valence electrons. The standard InChI is InChI=1S/C23H20N6O3/c30-21-18-7-2-1-6-17(18)20(26-27-21)22(31)25-12-16-14-28-10-4-8-19(28)23(32)29(16)13-15-5-3-9-24-11-15/h1-11,16H,12-14H2,(H,25,31)(H,27,30). The number of aromatic nitrogens is 4. The molecule has 0 bridgehead atoms. The Labute approximate surface area is 182 Å². The molecule has 0 fully saturated rings. The van der Waals surface area contributed by atoms with Crippen LogP contribution < -0.4 is 10.9 Å². The predicted molar refractivity (Wildman–Crippen MR) is 117 cm³/mol. The van der Waals surface area contributed by atoms with Gasteiger partial charge >= 0.3 is 0 Å². The average molecular weight is 428 g/mol. The van der Waals surface area contributed by atoms with Gasteiger partial charge in [0.05, 0.1) is 11.4 Å². The van der Waals surface area contributed by atoms with Gasteiger partial charge in [-0.25, -0.2) is 5.10 Å². The molecule has 9 nitrogen and oxygen atoms in total. The van der Waals surface area contributed by atoms with Crippen LogP contribution in [-0.2, 0) is 13.1 Å². The van der Waals surface area contributed by atoms with Crippen molar-refractivity contribution in [2.24, 2.45) is 0 Å². The van der Waals surface area contributed by atoms with Crippen molar-refractivity contribution in [2.75, 3.05) is 6.54 Å². The molecule has 1 aliphatic heterocycles. The van der Waals surface area contributed by atoms with Gasteiger partial charge in [0.25, 0.3) is 17.4 Å². The molecule has 0 saturated carbocycles. The van der Waals surface area contributed by atoms with Crippen LogP contribution in [0.5, 0.6) is 0 Å². The first-order valence-corrected chi connectivity index (χ1v) is 10.2. The van der Waals surface area contributed by atoms with Gasteiger partial charge in [-0.3, -0.25) is 19.4 Å². The van der Waals surface area contributed by atoms with Crippen molar-refractivity contribution in [3.05, 3.63) is 94.4 Å². The van der Waals surface area contributed by atoms with Gasteiger partial charge in [0, 0.05) is 43.6 Å². The summed E-state index contributed by atoms with van der Waals surface area (Å²) in [7, 11) is 0. The molecule has 1 aromatic carbocycles. The molecule has 4 aromatic rings. The summed E-state index contributed by atoms with van der Waals surface area (Å²) in [6.07, 6.45) is 5.28. The van der Waals surface area contributed by atoms with Crippen molar-refractivity contribution >= 4 is 22.6 Å². The number of nitrogens with one attached hydrogen (secondary N) is 2. The van der Waals surface area contributed by atoms with Crippen LogP contribution in [-0.4, -0.2) is 49.0 Å². The molecular weight excluding hydrogens is 408 g/mol. The minimum atomic E-state index is -0.412. The van der Waals surface area contributed by atoms with E-state index in [1.165, 1.54) is 0 Å². The molecule has 32 heavy (non-hydrogen) atoms. The molecule has 2 amide bonds. The fourth-order valence-electron chi connectivity index (χ4n) is 4.05. The Morgan fingerprint density at radius 1 is 1.09 bits per heavy atom. The van der Waals surface area contributed by atoms with Gasteiger partial charge in [0.2, 0.25) is 0 Å². The third-order valence-corrected chi connectivity index (χ3v) is 5.64. The number of aromatic amines is 1. The maximum absolute atomic E-state index is 13.1. The molecule has 9 heteroatoms. The summed E-state index contributed by atoms with van der Waals surface area (Å²) in [6, 6.07) is 13.9. The zero-order valence-corrected chi connectivity index (χ0v) is 17.1. The van der Waals surface area contributed by atoms with Gasteiger partial charge in [-0.2, -0.15) is 5.10 Å². The Morgan fingerprint density at radius 2 is 1.94 bits per heavy atom. The highest BCUT2D eigenvalue weighted by molar-refractivity contribution is 6.04. The molecule has 0 spiro atoms. The largest absolute Gasteiger partial charge is 0.348 e. The molecule has 1 atom stereocenters. The summed E-state index contributed by atoms with van der Waals surface area (Å²) in [5.41, 5.74) is 1.32. The third-order valence-electron chi connectivity index (χ3n) is 5.64. The summed E-state index contributed by atoms with van der Waals surface area (Å²) in [5.74, 6) is -0.513. The van der Waals surface area contributed by atoms with Crippen LogP contribution in [0.25, 0.3) is 10.8 Å². The number of rotatable bonds is 5. The Bertz CT molecular complexity index is 1360. The molecule has 1 aliphatic rings. The fraction of sp³-hybridized carbons (Fsp3) is 0.174. The normalized spacial score (nSPS) is 15.6. The number of amides is 2. The summed E-state index contributed by atoms with van der Waals surface area (Å²) < 4.78 is 1.90. The number of pyridine rings is 1. The Hall–Kier alpha value is -4.27. The maximum Gasteiger partial charge on any atom is 0.272 e. The van der Waals surface area contributed by atoms with Gasteiger partial charge in [-0.15, -0.1) is 0 Å². The predicted octanol–water partition coefficient (Wildman–Crippen LogP) is 1.57. The lowest BCUT2D eigenvalue weighted by Crippen LogP contribution is -2.52. The fourth-order valence-corrected chi connectivity index (χ4v) is 4.05. The Kier molecular flexibility index (Phi) is 4.98. The van der Waals surface area contributed by atoms with Crippen LogP contribution in [0.1, 0.15) is 26.5 Å². The highest BCUT2D eigenvalue weighted by atomic mass is 16.2. The lowest BCUT2D eigenvalue weighted by Gasteiger charge is -2.36. The molecule has 0 saturated heterocycles. The lowest BCUT2D eigenvalue weighted by atomic mass is 10.1. The zero-order valence-electron chi connectivity index (χ0n) is 17.1. The molecule has 0 aliphatic carbocycles. The number of carbonyl (C=O) groups excluding carboxylic acids is 2. The van der Waals surface area contributed by atoms with E-state index in [2.05, 4.69) is 20.5 Å². The molecule has 5 rings (SSSR count). The summed E-state index contributed by atoms with van der Waals surface area (Å²) in [6.45, 7) is 1.17. The van der Waals surface area contributed by atoms with Crippen molar-refractivity contribution in [3.63, 3.8) is 0 Å². The Balaban J connectivity index is 1.39. The van der Waals surface area contributed by atoms with E-state index in [1.807, 2.05) is 29.0 Å². The zero-order chi connectivity index (χ0) is 22.1. The lowest BCUT2D eigenvalue weighted by molar-refractivity contribution is 0.0562. The van der Waals surface area contributed by atoms with Gasteiger partial charge in [-0.1, -0.05) is 24.3 Å². The first-order chi connectivity index (χ1) is 15.6. The van der Waals surface area contributed by atoms with Crippen molar-refractivity contribution in [2.45, 2.75) is 19.1 Å². The highest BCUT2D eigenvalue weighted by Crippen LogP contribution is 2.21. The number of hydrogen-bond donors (Lipinski definition) is 2. The number of nitrogens with zero attached hydrogens (tertiary/aromatic N) is 4. The van der Waals surface area contributed by atoms with Gasteiger partial charge < -0.3 is 14.8 Å². The molecular formula is C23H20N6O3. The minimum absolute atomic E-state index is 0.100. The van der Waals surface area contributed by atoms with Crippen molar-refractivity contribution < 1.29 is 9.59 Å². The maximum atomic E-state index is 13.1. The molecule has 1 unspecified atom stereocenters. The second-order valence-corrected chi connectivity index (χ2v) is 7.65. The number of fused-ring (bicyclic) bond motifs is 2. The number of hydrogen-bond acceptors (Lipinski definition) is 5. The summed E-state index contributed by atoms with van der Waals surface area (Å²) >= 11 is 0. The van der Waals surface area contributed by atoms with Crippen LogP contribution in [0.15, 0.2) is 71.9 Å². The van der Waals surface area contributed by atoms with E-state index in [0.29, 0.717) is 29.6 Å². The van der Waals surface area contributed by atoms with Crippen molar-refractivity contribution in [3.8, 4) is 0 Å². The SMILES string of the molecule is O=C(NCC1Cn2cccc2C(=O)N1Cc1cccnc1)c1n[nH]c(=O)c2ccccc12. The van der Waals surface area contributed by atoms with E-state index in [4.69, 9.17) is 0 Å². The smallest absolute Gasteiger partial charge is 0.272 e. The third kappa shape index (κ3) is 3.53. The van der Waals surface area contributed by atoms with E-state index < -0.39 is 5.91 Å². The quantitative estimate of drug-likeness (QED) is 0.501. The monoisotopic (exact) mass is 428 g/mol. The van der Waals surface area contributed by atoms with Gasteiger partial charge in [-0.05, 0) is 29.8 Å². The second-order valence-electron chi connectivity index (χ2n) is 7.65. The van der Waals surface area contributed by atoms with E-state index in [1.54, 1.807) is 47.6 Å². The topological polar surface area (TPSA) is 113 Å². The van der Waals surface area contributed by atoms with Crippen LogP contribution in [0.2, 0.25) is 0 Å². The first-order valence-electron chi connectivity index (χ1n) is 10.2. The van der Waals surface area contributed by atoms with Crippen molar-refractivity contribution in [1.82, 2.24) is 30.0 Å². The summed E-state index contributed by atoms with van der Waals surface area (Å²) in [5, 5.41) is 10.1. The molecule has 0 radical (unpaired) electrons. The van der Waals surface area contributed by atoms with Crippen LogP contribution in [0, 0.1) is 0 Å². The molecule has 3 aromatic heterocycles. The number of benzene rings is 1. The van der Waals surface area contributed by atoms with E-state index in [9.17, 15) is 14.4 Å². The van der Waals surface area contributed by atoms with Gasteiger partial charge in [0.15, 0.2) is 5.69 Å².